The van der Waals surface area contributed by atoms with E-state index in [2.05, 4.69) is 5.32 Å². The predicted octanol–water partition coefficient (Wildman–Crippen LogP) is 1.88. The fraction of sp³-hybridized carbons (Fsp3) is 0.444. The number of hydrogen-bond donors (Lipinski definition) is 1. The number of hydrogen-bond acceptors (Lipinski definition) is 5. The van der Waals surface area contributed by atoms with Crippen LogP contribution in [0.4, 0.5) is 11.4 Å². The zero-order valence-electron chi connectivity index (χ0n) is 14.1. The predicted molar refractivity (Wildman–Crippen MR) is 93.6 cm³/mol. The van der Waals surface area contributed by atoms with Gasteiger partial charge in [-0.15, -0.1) is 0 Å². The molecule has 1 aromatic rings. The summed E-state index contributed by atoms with van der Waals surface area (Å²) in [5.74, 6) is -0.0849. The molecule has 0 spiro atoms. The van der Waals surface area contributed by atoms with Crippen LogP contribution in [0, 0.1) is 22.7 Å². The van der Waals surface area contributed by atoms with Gasteiger partial charge in [0.1, 0.15) is 0 Å². The van der Waals surface area contributed by atoms with Crippen molar-refractivity contribution < 1.29 is 9.59 Å². The lowest BCUT2D eigenvalue weighted by atomic mass is 10.2. The number of carbonyl (C=O) groups excluding carboxylic acids is 2. The molecule has 1 fully saturated rings. The molecule has 7 nitrogen and oxygen atoms in total. The third-order valence-electron chi connectivity index (χ3n) is 4.04. The number of nitriles is 2. The van der Waals surface area contributed by atoms with Gasteiger partial charge < -0.3 is 15.1 Å². The van der Waals surface area contributed by atoms with E-state index >= 15 is 0 Å². The second-order valence-corrected chi connectivity index (χ2v) is 5.72. The molecule has 0 atom stereocenters. The molecule has 0 aliphatic carbocycles. The minimum Gasteiger partial charge on any atom is -0.374 e. The van der Waals surface area contributed by atoms with Crippen LogP contribution < -0.4 is 10.2 Å². The third kappa shape index (κ3) is 4.95. The molecule has 0 aromatic heterocycles. The average molecular weight is 339 g/mol. The Balaban J connectivity index is 2.02. The number of benzene rings is 1. The van der Waals surface area contributed by atoms with Crippen molar-refractivity contribution in [1.82, 2.24) is 4.90 Å². The number of nitrogens with one attached hydrogen (secondary N) is 1. The van der Waals surface area contributed by atoms with Crippen LogP contribution >= 0.6 is 0 Å². The molecule has 0 saturated carbocycles. The summed E-state index contributed by atoms with van der Waals surface area (Å²) < 4.78 is 0. The Bertz CT molecular complexity index is 686. The van der Waals surface area contributed by atoms with Gasteiger partial charge in [0.05, 0.1) is 42.9 Å². The summed E-state index contributed by atoms with van der Waals surface area (Å²) in [5.41, 5.74) is 1.50. The quantitative estimate of drug-likeness (QED) is 0.779. The number of carbonyl (C=O) groups is 2. The second-order valence-electron chi connectivity index (χ2n) is 5.72. The maximum absolute atomic E-state index is 12.4. The Hall–Kier alpha value is -3.06. The van der Waals surface area contributed by atoms with Gasteiger partial charge in [-0.3, -0.25) is 9.59 Å². The number of rotatable bonds is 8. The summed E-state index contributed by atoms with van der Waals surface area (Å²) in [6.45, 7) is 1.35. The molecular weight excluding hydrogens is 318 g/mol. The highest BCUT2D eigenvalue weighted by atomic mass is 16.2. The van der Waals surface area contributed by atoms with E-state index in [9.17, 15) is 9.59 Å². The van der Waals surface area contributed by atoms with E-state index in [1.54, 1.807) is 4.90 Å². The van der Waals surface area contributed by atoms with Gasteiger partial charge in [-0.1, -0.05) is 12.1 Å². The van der Waals surface area contributed by atoms with Crippen molar-refractivity contribution in [3.8, 4) is 12.1 Å². The van der Waals surface area contributed by atoms with Crippen LogP contribution in [0.2, 0.25) is 0 Å². The first-order chi connectivity index (χ1) is 12.2. The number of anilines is 2. The maximum atomic E-state index is 12.4. The highest BCUT2D eigenvalue weighted by molar-refractivity contribution is 5.98. The first kappa shape index (κ1) is 18.3. The first-order valence-electron chi connectivity index (χ1n) is 8.32. The van der Waals surface area contributed by atoms with Crippen LogP contribution in [0.5, 0.6) is 0 Å². The van der Waals surface area contributed by atoms with Crippen LogP contribution in [-0.4, -0.2) is 42.9 Å². The first-order valence-corrected chi connectivity index (χ1v) is 8.32. The Morgan fingerprint density at radius 1 is 1.20 bits per heavy atom. The van der Waals surface area contributed by atoms with E-state index in [0.717, 1.165) is 17.8 Å². The molecule has 0 unspecified atom stereocenters. The maximum Gasteiger partial charge on any atom is 0.241 e. The van der Waals surface area contributed by atoms with Gasteiger partial charge in [0.2, 0.25) is 11.8 Å². The Morgan fingerprint density at radius 3 is 2.48 bits per heavy atom. The molecule has 130 valence electrons. The second kappa shape index (κ2) is 9.29. The Labute approximate surface area is 147 Å². The molecule has 1 saturated heterocycles. The fourth-order valence-electron chi connectivity index (χ4n) is 2.78. The number of para-hydroxylation sites is 2. The fourth-order valence-corrected chi connectivity index (χ4v) is 2.78. The molecule has 1 N–H and O–H groups in total. The van der Waals surface area contributed by atoms with E-state index in [-0.39, 0.29) is 31.2 Å². The molecule has 0 radical (unpaired) electrons. The zero-order chi connectivity index (χ0) is 18.1. The molecule has 25 heavy (non-hydrogen) atoms. The van der Waals surface area contributed by atoms with Crippen molar-refractivity contribution in [2.45, 2.75) is 25.7 Å². The van der Waals surface area contributed by atoms with Crippen molar-refractivity contribution >= 4 is 23.2 Å². The SMILES string of the molecule is N#CCCN(CCC#N)C(=O)CNc1ccccc1N1CCCC1=O. The van der Waals surface area contributed by atoms with Gasteiger partial charge in [0, 0.05) is 26.1 Å². The molecule has 1 aliphatic heterocycles. The van der Waals surface area contributed by atoms with Crippen molar-refractivity contribution in [2.24, 2.45) is 0 Å². The van der Waals surface area contributed by atoms with E-state index in [1.165, 1.54) is 4.90 Å². The standard InChI is InChI=1S/C18H21N5O2/c19-9-4-11-22(12-5-10-20)18(25)14-21-15-6-1-2-7-16(15)23-13-3-8-17(23)24/h1-2,6-7,21H,3-5,8,11-14H2. The van der Waals surface area contributed by atoms with Gasteiger partial charge in [-0.2, -0.15) is 10.5 Å². The molecule has 0 bridgehead atoms. The lowest BCUT2D eigenvalue weighted by Crippen LogP contribution is -2.37. The minimum atomic E-state index is -0.173. The number of amides is 2. The van der Waals surface area contributed by atoms with Crippen LogP contribution in [0.1, 0.15) is 25.7 Å². The van der Waals surface area contributed by atoms with Crippen LogP contribution in [0.15, 0.2) is 24.3 Å². The molecule has 1 heterocycles. The summed E-state index contributed by atoms with van der Waals surface area (Å²) in [4.78, 5) is 27.6. The summed E-state index contributed by atoms with van der Waals surface area (Å²) in [6, 6.07) is 11.4. The van der Waals surface area contributed by atoms with E-state index in [0.29, 0.717) is 26.1 Å². The van der Waals surface area contributed by atoms with Crippen LogP contribution in [-0.2, 0) is 9.59 Å². The van der Waals surface area contributed by atoms with E-state index < -0.39 is 0 Å². The van der Waals surface area contributed by atoms with E-state index in [1.807, 2.05) is 36.4 Å². The average Bonchev–Trinajstić information content (AvgIpc) is 3.06. The smallest absolute Gasteiger partial charge is 0.241 e. The lowest BCUT2D eigenvalue weighted by molar-refractivity contribution is -0.129. The Morgan fingerprint density at radius 2 is 1.88 bits per heavy atom. The highest BCUT2D eigenvalue weighted by Gasteiger charge is 2.24. The minimum absolute atomic E-state index is 0.0515. The van der Waals surface area contributed by atoms with Gasteiger partial charge in [0.25, 0.3) is 0 Å². The topological polar surface area (TPSA) is 100 Å². The van der Waals surface area contributed by atoms with Gasteiger partial charge in [-0.05, 0) is 18.6 Å². The number of nitrogens with zero attached hydrogens (tertiary/aromatic N) is 4. The molecule has 7 heteroatoms. The van der Waals surface area contributed by atoms with Gasteiger partial charge >= 0.3 is 0 Å². The van der Waals surface area contributed by atoms with Crippen LogP contribution in [0.25, 0.3) is 0 Å². The van der Waals surface area contributed by atoms with Crippen molar-refractivity contribution in [2.75, 3.05) is 36.4 Å². The third-order valence-corrected chi connectivity index (χ3v) is 4.04. The van der Waals surface area contributed by atoms with Crippen molar-refractivity contribution in [3.05, 3.63) is 24.3 Å². The molecular formula is C18H21N5O2. The van der Waals surface area contributed by atoms with Gasteiger partial charge in [0.15, 0.2) is 0 Å². The molecule has 1 aliphatic rings. The lowest BCUT2D eigenvalue weighted by Gasteiger charge is -2.23. The van der Waals surface area contributed by atoms with Crippen molar-refractivity contribution in [3.63, 3.8) is 0 Å². The van der Waals surface area contributed by atoms with Gasteiger partial charge in [-0.25, -0.2) is 0 Å². The summed E-state index contributed by atoms with van der Waals surface area (Å²) >= 11 is 0. The molecule has 1 aromatic carbocycles. The van der Waals surface area contributed by atoms with Crippen molar-refractivity contribution in [1.29, 1.82) is 10.5 Å². The van der Waals surface area contributed by atoms with E-state index in [4.69, 9.17) is 10.5 Å². The molecule has 2 amide bonds. The molecule has 2 rings (SSSR count). The van der Waals surface area contributed by atoms with Crippen LogP contribution in [0.3, 0.4) is 0 Å². The highest BCUT2D eigenvalue weighted by Crippen LogP contribution is 2.29. The zero-order valence-corrected chi connectivity index (χ0v) is 14.1. The monoisotopic (exact) mass is 339 g/mol. The summed E-state index contributed by atoms with van der Waals surface area (Å²) in [6.07, 6.45) is 1.84. The summed E-state index contributed by atoms with van der Waals surface area (Å²) in [5, 5.41) is 20.5. The normalized spacial score (nSPS) is 13.2. The largest absolute Gasteiger partial charge is 0.374 e. The summed E-state index contributed by atoms with van der Waals surface area (Å²) in [7, 11) is 0. The Kier molecular flexibility index (Phi) is 6.79.